The smallest absolute Gasteiger partial charge is 0.354 e. The number of hydrogen-bond donors (Lipinski definition) is 2. The maximum absolute atomic E-state index is 11.2. The zero-order chi connectivity index (χ0) is 10.7. The largest absolute Gasteiger partial charge is 0.464 e. The molecule has 1 aromatic rings. The van der Waals surface area contributed by atoms with Crippen molar-refractivity contribution in [3.05, 3.63) is 23.5 Å². The van der Waals surface area contributed by atoms with Crippen molar-refractivity contribution in [3.8, 4) is 0 Å². The maximum Gasteiger partial charge on any atom is 0.354 e. The third-order valence-electron chi connectivity index (χ3n) is 2.84. The lowest BCUT2D eigenvalue weighted by Crippen LogP contribution is -2.34. The SMILES string of the molecule is COC(=O)c1ccc(CNC2CCC2)[nH]1. The Labute approximate surface area is 89.0 Å². The van der Waals surface area contributed by atoms with Gasteiger partial charge in [0, 0.05) is 18.3 Å². The molecule has 0 bridgehead atoms. The van der Waals surface area contributed by atoms with Crippen molar-refractivity contribution in [1.29, 1.82) is 0 Å². The van der Waals surface area contributed by atoms with Gasteiger partial charge in [-0.05, 0) is 25.0 Å². The van der Waals surface area contributed by atoms with Crippen LogP contribution in [-0.4, -0.2) is 24.1 Å². The first-order chi connectivity index (χ1) is 7.29. The first kappa shape index (κ1) is 10.2. The van der Waals surface area contributed by atoms with Gasteiger partial charge in [-0.1, -0.05) is 6.42 Å². The Bertz CT molecular complexity index is 342. The summed E-state index contributed by atoms with van der Waals surface area (Å²) in [7, 11) is 1.38. The molecule has 2 N–H and O–H groups in total. The van der Waals surface area contributed by atoms with Crippen molar-refractivity contribution in [2.75, 3.05) is 7.11 Å². The van der Waals surface area contributed by atoms with E-state index >= 15 is 0 Å². The Hall–Kier alpha value is -1.29. The van der Waals surface area contributed by atoms with Crippen molar-refractivity contribution in [3.63, 3.8) is 0 Å². The molecule has 1 aliphatic rings. The molecule has 0 atom stereocenters. The lowest BCUT2D eigenvalue weighted by Gasteiger charge is -2.26. The predicted octanol–water partition coefficient (Wildman–Crippen LogP) is 1.44. The summed E-state index contributed by atoms with van der Waals surface area (Å²) >= 11 is 0. The van der Waals surface area contributed by atoms with Crippen molar-refractivity contribution in [2.24, 2.45) is 0 Å². The van der Waals surface area contributed by atoms with Crippen LogP contribution in [0.2, 0.25) is 0 Å². The van der Waals surface area contributed by atoms with Gasteiger partial charge in [-0.2, -0.15) is 0 Å². The van der Waals surface area contributed by atoms with E-state index in [4.69, 9.17) is 0 Å². The minimum atomic E-state index is -0.315. The van der Waals surface area contributed by atoms with Gasteiger partial charge in [0.15, 0.2) is 0 Å². The van der Waals surface area contributed by atoms with Crippen LogP contribution in [0.5, 0.6) is 0 Å². The minimum absolute atomic E-state index is 0.315. The second kappa shape index (κ2) is 4.49. The van der Waals surface area contributed by atoms with E-state index < -0.39 is 0 Å². The van der Waals surface area contributed by atoms with Crippen LogP contribution in [0.1, 0.15) is 35.4 Å². The average Bonchev–Trinajstić information content (AvgIpc) is 2.63. The second-order valence-electron chi connectivity index (χ2n) is 3.90. The molecule has 1 aliphatic carbocycles. The second-order valence-corrected chi connectivity index (χ2v) is 3.90. The Morgan fingerprint density at radius 3 is 3.00 bits per heavy atom. The molecule has 1 aromatic heterocycles. The van der Waals surface area contributed by atoms with Crippen LogP contribution in [0.25, 0.3) is 0 Å². The van der Waals surface area contributed by atoms with Crippen LogP contribution >= 0.6 is 0 Å². The molecule has 0 radical (unpaired) electrons. The lowest BCUT2D eigenvalue weighted by atomic mass is 9.93. The molecule has 0 aromatic carbocycles. The van der Waals surface area contributed by atoms with Crippen LogP contribution in [0.4, 0.5) is 0 Å². The summed E-state index contributed by atoms with van der Waals surface area (Å²) in [6.07, 6.45) is 3.87. The van der Waals surface area contributed by atoms with E-state index in [2.05, 4.69) is 15.0 Å². The fourth-order valence-electron chi connectivity index (χ4n) is 1.64. The molecule has 15 heavy (non-hydrogen) atoms. The van der Waals surface area contributed by atoms with E-state index in [9.17, 15) is 4.79 Å². The van der Waals surface area contributed by atoms with Crippen molar-refractivity contribution in [1.82, 2.24) is 10.3 Å². The maximum atomic E-state index is 11.2. The van der Waals surface area contributed by atoms with E-state index in [1.807, 2.05) is 6.07 Å². The molecule has 0 unspecified atom stereocenters. The first-order valence-corrected chi connectivity index (χ1v) is 5.29. The molecule has 0 spiro atoms. The molecule has 0 saturated heterocycles. The summed E-state index contributed by atoms with van der Waals surface area (Å²) in [6.45, 7) is 0.793. The molecule has 2 rings (SSSR count). The van der Waals surface area contributed by atoms with E-state index in [0.717, 1.165) is 12.2 Å². The fourth-order valence-corrected chi connectivity index (χ4v) is 1.64. The van der Waals surface area contributed by atoms with Gasteiger partial charge in [0.1, 0.15) is 5.69 Å². The van der Waals surface area contributed by atoms with Gasteiger partial charge >= 0.3 is 5.97 Å². The van der Waals surface area contributed by atoms with Crippen molar-refractivity contribution < 1.29 is 9.53 Å². The monoisotopic (exact) mass is 208 g/mol. The first-order valence-electron chi connectivity index (χ1n) is 5.29. The molecule has 0 amide bonds. The van der Waals surface area contributed by atoms with Gasteiger partial charge in [-0.15, -0.1) is 0 Å². The number of nitrogens with one attached hydrogen (secondary N) is 2. The zero-order valence-electron chi connectivity index (χ0n) is 8.88. The molecule has 4 nitrogen and oxygen atoms in total. The van der Waals surface area contributed by atoms with Gasteiger partial charge in [-0.3, -0.25) is 0 Å². The van der Waals surface area contributed by atoms with Crippen LogP contribution < -0.4 is 5.32 Å². The van der Waals surface area contributed by atoms with Crippen LogP contribution in [0.3, 0.4) is 0 Å². The number of carbonyl (C=O) groups is 1. The van der Waals surface area contributed by atoms with E-state index in [1.165, 1.54) is 26.4 Å². The number of aromatic amines is 1. The number of rotatable bonds is 4. The highest BCUT2D eigenvalue weighted by molar-refractivity contribution is 5.87. The molecule has 1 fully saturated rings. The van der Waals surface area contributed by atoms with Gasteiger partial charge in [0.2, 0.25) is 0 Å². The van der Waals surface area contributed by atoms with Gasteiger partial charge < -0.3 is 15.0 Å². The quantitative estimate of drug-likeness (QED) is 0.736. The highest BCUT2D eigenvalue weighted by atomic mass is 16.5. The van der Waals surface area contributed by atoms with Gasteiger partial charge in [0.05, 0.1) is 7.11 Å². The Balaban J connectivity index is 1.86. The van der Waals surface area contributed by atoms with Crippen LogP contribution in [-0.2, 0) is 11.3 Å². The van der Waals surface area contributed by atoms with Crippen molar-refractivity contribution in [2.45, 2.75) is 31.8 Å². The Kier molecular flexibility index (Phi) is 3.06. The highest BCUT2D eigenvalue weighted by Gasteiger charge is 2.16. The van der Waals surface area contributed by atoms with E-state index in [1.54, 1.807) is 6.07 Å². The number of methoxy groups -OCH3 is 1. The summed E-state index contributed by atoms with van der Waals surface area (Å²) in [4.78, 5) is 14.2. The standard InChI is InChI=1S/C11H16N2O2/c1-15-11(14)10-6-5-9(13-10)7-12-8-3-2-4-8/h5-6,8,12-13H,2-4,7H2,1H3. The number of esters is 1. The minimum Gasteiger partial charge on any atom is -0.464 e. The Morgan fingerprint density at radius 1 is 1.60 bits per heavy atom. The normalized spacial score (nSPS) is 16.1. The zero-order valence-corrected chi connectivity index (χ0v) is 8.88. The Morgan fingerprint density at radius 2 is 2.40 bits per heavy atom. The third-order valence-corrected chi connectivity index (χ3v) is 2.84. The van der Waals surface area contributed by atoms with E-state index in [0.29, 0.717) is 11.7 Å². The van der Waals surface area contributed by atoms with Gasteiger partial charge in [-0.25, -0.2) is 4.79 Å². The molecule has 4 heteroatoms. The molecule has 82 valence electrons. The van der Waals surface area contributed by atoms with Crippen LogP contribution in [0, 0.1) is 0 Å². The summed E-state index contributed by atoms with van der Waals surface area (Å²) < 4.78 is 4.62. The predicted molar refractivity (Wildman–Crippen MR) is 56.6 cm³/mol. The number of hydrogen-bond acceptors (Lipinski definition) is 3. The summed E-state index contributed by atoms with van der Waals surface area (Å²) in [6, 6.07) is 4.33. The molecular weight excluding hydrogens is 192 g/mol. The van der Waals surface area contributed by atoms with E-state index in [-0.39, 0.29) is 5.97 Å². The lowest BCUT2D eigenvalue weighted by molar-refractivity contribution is 0.0594. The topological polar surface area (TPSA) is 54.1 Å². The third kappa shape index (κ3) is 2.39. The summed E-state index contributed by atoms with van der Waals surface area (Å²) in [5.74, 6) is -0.315. The molecular formula is C11H16N2O2. The molecule has 1 heterocycles. The number of H-pyrrole nitrogens is 1. The summed E-state index contributed by atoms with van der Waals surface area (Å²) in [5.41, 5.74) is 1.55. The fraction of sp³-hybridized carbons (Fsp3) is 0.545. The number of carbonyl (C=O) groups excluding carboxylic acids is 1. The highest BCUT2D eigenvalue weighted by Crippen LogP contribution is 2.18. The van der Waals surface area contributed by atoms with Gasteiger partial charge in [0.25, 0.3) is 0 Å². The molecule has 0 aliphatic heterocycles. The summed E-state index contributed by atoms with van der Waals surface area (Å²) in [5, 5.41) is 3.42. The number of ether oxygens (including phenoxy) is 1. The average molecular weight is 208 g/mol. The van der Waals surface area contributed by atoms with Crippen LogP contribution in [0.15, 0.2) is 12.1 Å². The van der Waals surface area contributed by atoms with Crippen molar-refractivity contribution >= 4 is 5.97 Å². The number of aromatic nitrogens is 1. The molecule has 1 saturated carbocycles.